The molecule has 8 nitrogen and oxygen atoms in total. The van der Waals surface area contributed by atoms with Gasteiger partial charge in [-0.3, -0.25) is 20.2 Å². The molecule has 0 aliphatic heterocycles. The number of fused-ring (bicyclic) bond motifs is 1. The highest BCUT2D eigenvalue weighted by Gasteiger charge is 2.62. The van der Waals surface area contributed by atoms with Gasteiger partial charge in [0.2, 0.25) is 6.04 Å². The predicted molar refractivity (Wildman–Crippen MR) is 93.1 cm³/mol. The molecule has 1 aliphatic rings. The first-order valence-corrected chi connectivity index (χ1v) is 7.96. The molecule has 136 valence electrons. The number of hydrogen-bond donors (Lipinski definition) is 2. The highest BCUT2D eigenvalue weighted by molar-refractivity contribution is 5.59. The molecule has 0 heterocycles. The lowest BCUT2D eigenvalue weighted by Gasteiger charge is -2.31. The van der Waals surface area contributed by atoms with Gasteiger partial charge in [-0.25, -0.2) is 0 Å². The zero-order valence-electron chi connectivity index (χ0n) is 14.5. The molecule has 0 amide bonds. The van der Waals surface area contributed by atoms with Crippen LogP contribution in [0.15, 0.2) is 36.4 Å². The largest absolute Gasteiger partial charge is 0.508 e. The molecule has 0 saturated carbocycles. The van der Waals surface area contributed by atoms with E-state index >= 15 is 0 Å². The molecule has 1 aliphatic carbocycles. The first-order chi connectivity index (χ1) is 12.0. The Morgan fingerprint density at radius 3 is 2.19 bits per heavy atom. The van der Waals surface area contributed by atoms with Crippen LogP contribution in [0, 0.1) is 20.2 Å². The molecule has 2 atom stereocenters. The minimum absolute atomic E-state index is 0.0388. The molecule has 0 radical (unpaired) electrons. The highest BCUT2D eigenvalue weighted by atomic mass is 16.6. The number of benzene rings is 2. The van der Waals surface area contributed by atoms with Gasteiger partial charge < -0.3 is 10.2 Å². The summed E-state index contributed by atoms with van der Waals surface area (Å²) in [6.45, 7) is 5.14. The van der Waals surface area contributed by atoms with Crippen molar-refractivity contribution in [3.8, 4) is 11.5 Å². The highest BCUT2D eigenvalue weighted by Crippen LogP contribution is 2.55. The Hall–Kier alpha value is -3.16. The molecular formula is C18H18N2O6. The van der Waals surface area contributed by atoms with Crippen molar-refractivity contribution >= 4 is 5.69 Å². The number of phenols is 2. The van der Waals surface area contributed by atoms with Gasteiger partial charge in [-0.2, -0.15) is 0 Å². The average molecular weight is 358 g/mol. The van der Waals surface area contributed by atoms with E-state index in [1.54, 1.807) is 26.8 Å². The Balaban J connectivity index is 2.37. The maximum Gasteiger partial charge on any atom is 0.311 e. The summed E-state index contributed by atoms with van der Waals surface area (Å²) in [4.78, 5) is 22.1. The molecule has 2 N–H and O–H groups in total. The second kappa shape index (κ2) is 5.42. The van der Waals surface area contributed by atoms with Crippen molar-refractivity contribution < 1.29 is 20.1 Å². The van der Waals surface area contributed by atoms with Crippen molar-refractivity contribution in [2.45, 2.75) is 37.6 Å². The molecule has 0 aromatic heterocycles. The van der Waals surface area contributed by atoms with Crippen LogP contribution in [-0.2, 0) is 10.8 Å². The van der Waals surface area contributed by atoms with Crippen molar-refractivity contribution in [2.75, 3.05) is 0 Å². The number of aromatic hydroxyl groups is 2. The minimum atomic E-state index is -1.22. The smallest absolute Gasteiger partial charge is 0.311 e. The molecule has 3 rings (SSSR count). The molecule has 0 bridgehead atoms. The summed E-state index contributed by atoms with van der Waals surface area (Å²) >= 11 is 0. The Bertz CT molecular complexity index is 939. The molecule has 2 aromatic rings. The van der Waals surface area contributed by atoms with Crippen molar-refractivity contribution in [1.82, 2.24) is 0 Å². The van der Waals surface area contributed by atoms with Crippen LogP contribution in [0.2, 0.25) is 0 Å². The molecule has 0 spiro atoms. The number of hydrogen-bond acceptors (Lipinski definition) is 6. The topological polar surface area (TPSA) is 127 Å². The standard InChI is InChI=1S/C18H18N2O6/c1-17(2)12-6-5-11(21)9-13(12)18(3,16(17)20(25)26)10-4-7-15(22)14(8-10)19(23)24/h4-9,16,21-22H,1-3H3. The van der Waals surface area contributed by atoms with E-state index in [4.69, 9.17) is 0 Å². The summed E-state index contributed by atoms with van der Waals surface area (Å²) in [6, 6.07) is 7.28. The number of nitro groups is 2. The zero-order chi connectivity index (χ0) is 19.4. The lowest BCUT2D eigenvalue weighted by molar-refractivity contribution is -0.541. The van der Waals surface area contributed by atoms with Crippen LogP contribution in [0.1, 0.15) is 37.5 Å². The van der Waals surface area contributed by atoms with E-state index in [9.17, 15) is 30.4 Å². The molecule has 8 heteroatoms. The van der Waals surface area contributed by atoms with Gasteiger partial charge in [0.15, 0.2) is 5.75 Å². The molecule has 0 fully saturated rings. The van der Waals surface area contributed by atoms with Gasteiger partial charge in [-0.15, -0.1) is 0 Å². The van der Waals surface area contributed by atoms with Gasteiger partial charge in [0.1, 0.15) is 5.75 Å². The van der Waals surface area contributed by atoms with Gasteiger partial charge in [0.25, 0.3) is 0 Å². The van der Waals surface area contributed by atoms with Gasteiger partial charge in [0, 0.05) is 11.0 Å². The predicted octanol–water partition coefficient (Wildman–Crippen LogP) is 3.25. The number of nitrogens with zero attached hydrogens (tertiary/aromatic N) is 2. The fraction of sp³-hybridized carbons (Fsp3) is 0.333. The number of phenolic OH excluding ortho intramolecular Hbond substituents is 2. The van der Waals surface area contributed by atoms with E-state index < -0.39 is 33.2 Å². The maximum absolute atomic E-state index is 12.0. The summed E-state index contributed by atoms with van der Waals surface area (Å²) < 4.78 is 0. The van der Waals surface area contributed by atoms with Crippen molar-refractivity contribution in [1.29, 1.82) is 0 Å². The summed E-state index contributed by atoms with van der Waals surface area (Å²) in [5.74, 6) is -0.545. The Morgan fingerprint density at radius 2 is 1.62 bits per heavy atom. The van der Waals surface area contributed by atoms with E-state index in [0.717, 1.165) is 0 Å². The summed E-state index contributed by atoms with van der Waals surface area (Å²) in [6.07, 6.45) is 0. The molecule has 0 saturated heterocycles. The van der Waals surface area contributed by atoms with Gasteiger partial charge in [-0.05, 0) is 55.7 Å². The summed E-state index contributed by atoms with van der Waals surface area (Å²) in [7, 11) is 0. The lowest BCUT2D eigenvalue weighted by Crippen LogP contribution is -2.47. The Kier molecular flexibility index (Phi) is 3.68. The molecule has 2 aromatic carbocycles. The van der Waals surface area contributed by atoms with Crippen LogP contribution in [0.25, 0.3) is 0 Å². The SMILES string of the molecule is CC1(C)c2ccc(O)cc2C(C)(c2ccc(O)c([N+](=O)[O-])c2)C1[N+](=O)[O-]. The summed E-state index contributed by atoms with van der Waals surface area (Å²) in [5.41, 5.74) is -1.02. The van der Waals surface area contributed by atoms with E-state index in [1.165, 1.54) is 30.3 Å². The lowest BCUT2D eigenvalue weighted by atomic mass is 9.70. The van der Waals surface area contributed by atoms with Gasteiger partial charge in [-0.1, -0.05) is 12.1 Å². The van der Waals surface area contributed by atoms with Crippen molar-refractivity contribution in [2.24, 2.45) is 0 Å². The fourth-order valence-corrected chi connectivity index (χ4v) is 4.32. The monoisotopic (exact) mass is 358 g/mol. The Labute approximate surface area is 149 Å². The second-order valence-electron chi connectivity index (χ2n) is 7.30. The molecular weight excluding hydrogens is 340 g/mol. The third-order valence-electron chi connectivity index (χ3n) is 5.47. The molecule has 26 heavy (non-hydrogen) atoms. The quantitative estimate of drug-likeness (QED) is 0.640. The van der Waals surface area contributed by atoms with Crippen molar-refractivity contribution in [3.63, 3.8) is 0 Å². The number of nitro benzene ring substituents is 1. The minimum Gasteiger partial charge on any atom is -0.508 e. The third kappa shape index (κ3) is 2.22. The maximum atomic E-state index is 12.0. The Morgan fingerprint density at radius 1 is 0.962 bits per heavy atom. The van der Waals surface area contributed by atoms with Gasteiger partial charge >= 0.3 is 5.69 Å². The normalized spacial score (nSPS) is 23.4. The first-order valence-electron chi connectivity index (χ1n) is 7.96. The van der Waals surface area contributed by atoms with Crippen LogP contribution < -0.4 is 0 Å². The van der Waals surface area contributed by atoms with Crippen LogP contribution in [0.4, 0.5) is 5.69 Å². The third-order valence-corrected chi connectivity index (χ3v) is 5.47. The second-order valence-corrected chi connectivity index (χ2v) is 7.30. The van der Waals surface area contributed by atoms with Crippen LogP contribution >= 0.6 is 0 Å². The van der Waals surface area contributed by atoms with Crippen LogP contribution in [-0.4, -0.2) is 26.1 Å². The van der Waals surface area contributed by atoms with Crippen LogP contribution in [0.3, 0.4) is 0 Å². The van der Waals surface area contributed by atoms with E-state index in [0.29, 0.717) is 16.7 Å². The number of rotatable bonds is 3. The van der Waals surface area contributed by atoms with E-state index in [-0.39, 0.29) is 10.7 Å². The summed E-state index contributed by atoms with van der Waals surface area (Å²) in [5, 5.41) is 42.9. The van der Waals surface area contributed by atoms with Crippen molar-refractivity contribution in [3.05, 3.63) is 73.3 Å². The fourth-order valence-electron chi connectivity index (χ4n) is 4.32. The van der Waals surface area contributed by atoms with Gasteiger partial charge in [0.05, 0.1) is 15.8 Å². The first kappa shape index (κ1) is 17.7. The molecule has 2 unspecified atom stereocenters. The van der Waals surface area contributed by atoms with Crippen LogP contribution in [0.5, 0.6) is 11.5 Å². The van der Waals surface area contributed by atoms with E-state index in [1.807, 2.05) is 0 Å². The average Bonchev–Trinajstić information content (AvgIpc) is 2.71. The van der Waals surface area contributed by atoms with E-state index in [2.05, 4.69) is 0 Å². The zero-order valence-corrected chi connectivity index (χ0v) is 14.5.